The lowest BCUT2D eigenvalue weighted by atomic mass is 10.2. The lowest BCUT2D eigenvalue weighted by Gasteiger charge is -2.22. The second-order valence-electron chi connectivity index (χ2n) is 4.86. The molecule has 1 heterocycles. The third-order valence-electron chi connectivity index (χ3n) is 3.14. The second-order valence-corrected chi connectivity index (χ2v) is 5.89. The largest absolute Gasteiger partial charge is 0.435 e. The average molecular weight is 467 g/mol. The van der Waals surface area contributed by atoms with Gasteiger partial charge in [-0.05, 0) is 29.1 Å². The van der Waals surface area contributed by atoms with Gasteiger partial charge in [-0.15, -0.1) is 35.3 Å². The second kappa shape index (κ2) is 10.4. The monoisotopic (exact) mass is 467 g/mol. The predicted octanol–water partition coefficient (Wildman–Crippen LogP) is 4.17. The molecule has 0 fully saturated rings. The normalized spacial score (nSPS) is 11.1. The Labute approximate surface area is 161 Å². The fraction of sp³-hybridized carbons (Fsp3) is 0.312. The molecule has 2 rings (SSSR count). The average Bonchev–Trinajstić information content (AvgIpc) is 3.03. The van der Waals surface area contributed by atoms with Crippen molar-refractivity contribution in [2.45, 2.75) is 19.7 Å². The van der Waals surface area contributed by atoms with E-state index in [-0.39, 0.29) is 29.7 Å². The van der Waals surface area contributed by atoms with Crippen LogP contribution in [0, 0.1) is 0 Å². The van der Waals surface area contributed by atoms with Crippen LogP contribution in [0.4, 0.5) is 8.78 Å². The third kappa shape index (κ3) is 6.60. The molecule has 1 aromatic carbocycles. The molecular weight excluding hydrogens is 447 g/mol. The predicted molar refractivity (Wildman–Crippen MR) is 104 cm³/mol. The number of rotatable bonds is 6. The molecule has 0 radical (unpaired) electrons. The molecule has 132 valence electrons. The van der Waals surface area contributed by atoms with Crippen molar-refractivity contribution in [1.29, 1.82) is 0 Å². The van der Waals surface area contributed by atoms with Gasteiger partial charge in [-0.1, -0.05) is 18.2 Å². The third-order valence-corrected chi connectivity index (χ3v) is 4.02. The molecule has 1 N–H and O–H groups in total. The number of alkyl halides is 2. The summed E-state index contributed by atoms with van der Waals surface area (Å²) in [5.41, 5.74) is 0.980. The number of halogens is 3. The molecule has 0 saturated heterocycles. The van der Waals surface area contributed by atoms with Crippen molar-refractivity contribution in [2.75, 3.05) is 14.1 Å². The lowest BCUT2D eigenvalue weighted by molar-refractivity contribution is -0.0498. The van der Waals surface area contributed by atoms with Gasteiger partial charge in [0.15, 0.2) is 5.96 Å². The van der Waals surface area contributed by atoms with Crippen LogP contribution in [0.15, 0.2) is 46.8 Å². The molecule has 2 aromatic rings. The summed E-state index contributed by atoms with van der Waals surface area (Å²) >= 11 is 1.69. The van der Waals surface area contributed by atoms with Crippen LogP contribution >= 0.6 is 35.3 Å². The zero-order chi connectivity index (χ0) is 16.7. The molecule has 0 amide bonds. The van der Waals surface area contributed by atoms with Crippen molar-refractivity contribution in [3.63, 3.8) is 0 Å². The topological polar surface area (TPSA) is 36.9 Å². The van der Waals surface area contributed by atoms with E-state index < -0.39 is 6.61 Å². The van der Waals surface area contributed by atoms with Crippen molar-refractivity contribution in [3.05, 3.63) is 52.2 Å². The van der Waals surface area contributed by atoms with E-state index in [1.54, 1.807) is 30.5 Å². The summed E-state index contributed by atoms with van der Waals surface area (Å²) in [6.45, 7) is -1.47. The SMILES string of the molecule is CN=C(NCc1cccs1)N(C)Cc1ccc(OC(F)F)cc1.I. The first-order valence-corrected chi connectivity index (χ1v) is 7.94. The molecule has 1 aromatic heterocycles. The molecule has 0 aliphatic heterocycles. The quantitative estimate of drug-likeness (QED) is 0.394. The van der Waals surface area contributed by atoms with Gasteiger partial charge in [-0.2, -0.15) is 8.78 Å². The zero-order valence-electron chi connectivity index (χ0n) is 13.4. The van der Waals surface area contributed by atoms with Gasteiger partial charge < -0.3 is 15.0 Å². The van der Waals surface area contributed by atoms with Gasteiger partial charge in [0, 0.05) is 25.5 Å². The van der Waals surface area contributed by atoms with Crippen LogP contribution in [0.3, 0.4) is 0 Å². The first kappa shape index (κ1) is 20.6. The van der Waals surface area contributed by atoms with Crippen molar-refractivity contribution < 1.29 is 13.5 Å². The molecule has 4 nitrogen and oxygen atoms in total. The van der Waals surface area contributed by atoms with E-state index >= 15 is 0 Å². The standard InChI is InChI=1S/C16H19F2N3OS.HI/c1-19-16(20-10-14-4-3-9-23-14)21(2)11-12-5-7-13(8-6-12)22-15(17)18;/h3-9,15H,10-11H2,1-2H3,(H,19,20);1H. The fourth-order valence-electron chi connectivity index (χ4n) is 2.09. The fourth-order valence-corrected chi connectivity index (χ4v) is 2.73. The van der Waals surface area contributed by atoms with Gasteiger partial charge >= 0.3 is 6.61 Å². The molecule has 0 saturated carbocycles. The minimum atomic E-state index is -2.80. The highest BCUT2D eigenvalue weighted by Crippen LogP contribution is 2.16. The Kier molecular flexibility index (Phi) is 8.98. The van der Waals surface area contributed by atoms with Crippen LogP contribution in [0.5, 0.6) is 5.75 Å². The molecule has 0 aliphatic carbocycles. The summed E-state index contributed by atoms with van der Waals surface area (Å²) in [5.74, 6) is 0.929. The van der Waals surface area contributed by atoms with Crippen molar-refractivity contribution >= 4 is 41.3 Å². The number of guanidine groups is 1. The van der Waals surface area contributed by atoms with Crippen LogP contribution in [0.25, 0.3) is 0 Å². The Morgan fingerprint density at radius 3 is 2.54 bits per heavy atom. The van der Waals surface area contributed by atoms with Gasteiger partial charge in [0.05, 0.1) is 6.54 Å². The van der Waals surface area contributed by atoms with Crippen molar-refractivity contribution in [2.24, 2.45) is 4.99 Å². The van der Waals surface area contributed by atoms with E-state index in [0.29, 0.717) is 6.54 Å². The number of nitrogens with zero attached hydrogens (tertiary/aromatic N) is 2. The molecule has 0 aliphatic rings. The van der Waals surface area contributed by atoms with Crippen molar-refractivity contribution in [1.82, 2.24) is 10.2 Å². The van der Waals surface area contributed by atoms with Gasteiger partial charge in [0.2, 0.25) is 0 Å². The minimum Gasteiger partial charge on any atom is -0.435 e. The van der Waals surface area contributed by atoms with Crippen LogP contribution in [-0.2, 0) is 13.1 Å². The maximum absolute atomic E-state index is 12.1. The molecule has 0 bridgehead atoms. The number of thiophene rings is 1. The molecule has 24 heavy (non-hydrogen) atoms. The maximum Gasteiger partial charge on any atom is 0.387 e. The van der Waals surface area contributed by atoms with Crippen LogP contribution in [0.2, 0.25) is 0 Å². The summed E-state index contributed by atoms with van der Waals surface area (Å²) in [4.78, 5) is 7.45. The number of ether oxygens (including phenoxy) is 1. The van der Waals surface area contributed by atoms with E-state index in [9.17, 15) is 8.78 Å². The first-order chi connectivity index (χ1) is 11.1. The Bertz CT molecular complexity index is 621. The van der Waals surface area contributed by atoms with Gasteiger partial charge in [-0.25, -0.2) is 0 Å². The Morgan fingerprint density at radius 1 is 1.29 bits per heavy atom. The summed E-state index contributed by atoms with van der Waals surface area (Å²) in [6.07, 6.45) is 0. The summed E-state index contributed by atoms with van der Waals surface area (Å²) in [5, 5.41) is 5.33. The summed E-state index contributed by atoms with van der Waals surface area (Å²) < 4.78 is 28.6. The van der Waals surface area contributed by atoms with Gasteiger partial charge in [0.1, 0.15) is 5.75 Å². The van der Waals surface area contributed by atoms with E-state index in [0.717, 1.165) is 18.1 Å². The molecule has 0 unspecified atom stereocenters. The summed E-state index contributed by atoms with van der Waals surface area (Å²) in [6, 6.07) is 10.7. The minimum absolute atomic E-state index is 0. The molecule has 0 atom stereocenters. The number of benzene rings is 1. The Balaban J connectivity index is 0.00000288. The summed E-state index contributed by atoms with van der Waals surface area (Å²) in [7, 11) is 3.65. The highest BCUT2D eigenvalue weighted by Gasteiger charge is 2.08. The van der Waals surface area contributed by atoms with Crippen LogP contribution in [0.1, 0.15) is 10.4 Å². The first-order valence-electron chi connectivity index (χ1n) is 7.06. The highest BCUT2D eigenvalue weighted by atomic mass is 127. The number of nitrogens with one attached hydrogen (secondary N) is 1. The maximum atomic E-state index is 12.1. The van der Waals surface area contributed by atoms with E-state index in [4.69, 9.17) is 0 Å². The number of hydrogen-bond donors (Lipinski definition) is 1. The lowest BCUT2D eigenvalue weighted by Crippen LogP contribution is -2.37. The molecule has 0 spiro atoms. The van der Waals surface area contributed by atoms with Crippen LogP contribution in [-0.4, -0.2) is 31.6 Å². The molecular formula is C16H20F2IN3OS. The highest BCUT2D eigenvalue weighted by molar-refractivity contribution is 14.0. The number of aliphatic imine (C=N–C) groups is 1. The van der Waals surface area contributed by atoms with Crippen LogP contribution < -0.4 is 10.1 Å². The Morgan fingerprint density at radius 2 is 2.00 bits per heavy atom. The van der Waals surface area contributed by atoms with Gasteiger partial charge in [-0.3, -0.25) is 4.99 Å². The zero-order valence-corrected chi connectivity index (χ0v) is 16.6. The Hall–Kier alpha value is -1.42. The van der Waals surface area contributed by atoms with Crippen molar-refractivity contribution in [3.8, 4) is 5.75 Å². The van der Waals surface area contributed by atoms with Gasteiger partial charge in [0.25, 0.3) is 0 Å². The number of hydrogen-bond acceptors (Lipinski definition) is 3. The van der Waals surface area contributed by atoms with E-state index in [1.165, 1.54) is 17.0 Å². The van der Waals surface area contributed by atoms with E-state index in [1.807, 2.05) is 23.4 Å². The smallest absolute Gasteiger partial charge is 0.387 e. The van der Waals surface area contributed by atoms with E-state index in [2.05, 4.69) is 21.1 Å². The molecule has 8 heteroatoms.